The van der Waals surface area contributed by atoms with Crippen LogP contribution in [0.5, 0.6) is 0 Å². The Kier molecular flexibility index (Phi) is 2.91. The minimum Gasteiger partial charge on any atom is -0.366 e. The summed E-state index contributed by atoms with van der Waals surface area (Å²) in [6.45, 7) is 9.68. The Hall–Kier alpha value is -1.28. The predicted octanol–water partition coefficient (Wildman–Crippen LogP) is 3.49. The number of piperidine rings is 3. The Labute approximate surface area is 133 Å². The van der Waals surface area contributed by atoms with Crippen LogP contribution in [0, 0.1) is 5.92 Å². The summed E-state index contributed by atoms with van der Waals surface area (Å²) in [5.41, 5.74) is 6.03. The molecule has 1 aromatic carbocycles. The molecule has 3 saturated heterocycles. The topological polar surface area (TPSA) is 6.48 Å². The van der Waals surface area contributed by atoms with Gasteiger partial charge in [-0.1, -0.05) is 24.8 Å². The van der Waals surface area contributed by atoms with Gasteiger partial charge in [0.2, 0.25) is 0 Å². The zero-order valence-corrected chi connectivity index (χ0v) is 13.4. The van der Waals surface area contributed by atoms with Crippen molar-refractivity contribution in [2.75, 3.05) is 26.2 Å². The van der Waals surface area contributed by atoms with E-state index in [0.29, 0.717) is 6.04 Å². The molecule has 116 valence electrons. The molecule has 0 spiro atoms. The first-order chi connectivity index (χ1) is 10.8. The summed E-state index contributed by atoms with van der Waals surface area (Å²) in [5, 5.41) is 0. The Balaban J connectivity index is 1.53. The maximum Gasteiger partial charge on any atom is 0.0446 e. The van der Waals surface area contributed by atoms with Gasteiger partial charge in [-0.3, -0.25) is 0 Å². The molecule has 0 saturated carbocycles. The molecule has 0 aromatic heterocycles. The molecule has 0 N–H and O–H groups in total. The van der Waals surface area contributed by atoms with Crippen LogP contribution in [0.3, 0.4) is 0 Å². The Bertz CT molecular complexity index is 612. The van der Waals surface area contributed by atoms with Gasteiger partial charge in [-0.15, -0.1) is 0 Å². The normalized spacial score (nSPS) is 36.4. The molecule has 0 unspecified atom stereocenters. The van der Waals surface area contributed by atoms with Crippen molar-refractivity contribution in [2.45, 2.75) is 44.1 Å². The van der Waals surface area contributed by atoms with Gasteiger partial charge in [0.15, 0.2) is 0 Å². The summed E-state index contributed by atoms with van der Waals surface area (Å²) >= 11 is 0. The van der Waals surface area contributed by atoms with Gasteiger partial charge < -0.3 is 9.80 Å². The molecule has 0 amide bonds. The van der Waals surface area contributed by atoms with Gasteiger partial charge >= 0.3 is 0 Å². The van der Waals surface area contributed by atoms with Gasteiger partial charge in [-0.05, 0) is 62.2 Å². The van der Waals surface area contributed by atoms with E-state index in [0.717, 1.165) is 11.8 Å². The van der Waals surface area contributed by atoms with E-state index >= 15 is 0 Å². The fourth-order valence-electron chi connectivity index (χ4n) is 5.56. The van der Waals surface area contributed by atoms with Crippen molar-refractivity contribution in [1.29, 1.82) is 0 Å². The lowest BCUT2D eigenvalue weighted by molar-refractivity contribution is 0.0261. The number of rotatable bonds is 1. The zero-order valence-electron chi connectivity index (χ0n) is 13.4. The summed E-state index contributed by atoms with van der Waals surface area (Å²) in [4.78, 5) is 5.38. The third-order valence-corrected chi connectivity index (χ3v) is 6.70. The van der Waals surface area contributed by atoms with E-state index < -0.39 is 0 Å². The van der Waals surface area contributed by atoms with E-state index in [-0.39, 0.29) is 0 Å². The van der Waals surface area contributed by atoms with Crippen molar-refractivity contribution in [2.24, 2.45) is 5.92 Å². The van der Waals surface area contributed by atoms with Gasteiger partial charge in [0.05, 0.1) is 0 Å². The summed E-state index contributed by atoms with van der Waals surface area (Å²) in [7, 11) is 0. The van der Waals surface area contributed by atoms with Crippen LogP contribution in [0.15, 0.2) is 24.8 Å². The molecule has 2 atom stereocenters. The average molecular weight is 294 g/mol. The summed E-state index contributed by atoms with van der Waals surface area (Å²) < 4.78 is 0. The minimum absolute atomic E-state index is 0.716. The first kappa shape index (κ1) is 13.2. The van der Waals surface area contributed by atoms with E-state index in [9.17, 15) is 0 Å². The van der Waals surface area contributed by atoms with Crippen molar-refractivity contribution in [3.8, 4) is 0 Å². The van der Waals surface area contributed by atoms with Crippen LogP contribution >= 0.6 is 0 Å². The molecular weight excluding hydrogens is 268 g/mol. The van der Waals surface area contributed by atoms with Crippen LogP contribution in [-0.4, -0.2) is 42.0 Å². The fraction of sp³-hybridized carbons (Fsp3) is 0.600. The van der Waals surface area contributed by atoms with Crippen LogP contribution in [0.25, 0.3) is 5.70 Å². The second-order valence-corrected chi connectivity index (χ2v) is 7.77. The number of fused-ring (bicyclic) bond motifs is 3. The average Bonchev–Trinajstić information content (AvgIpc) is 2.59. The van der Waals surface area contributed by atoms with Gasteiger partial charge in [0, 0.05) is 36.3 Å². The molecule has 1 aliphatic carbocycles. The third kappa shape index (κ3) is 1.83. The standard InChI is InChI=1S/C20H26N2/c1-14-18-7-3-5-16-4-2-6-17(20(16)18)12-22(14)19-13-21-10-8-15(19)9-11-21/h3,5,7,15,17,19H,1-2,4,6,8-13H2/t17-,19+/m1/s1. The first-order valence-electron chi connectivity index (χ1n) is 9.11. The summed E-state index contributed by atoms with van der Waals surface area (Å²) in [6, 6.07) is 7.64. The van der Waals surface area contributed by atoms with Gasteiger partial charge in [-0.2, -0.15) is 0 Å². The molecule has 22 heavy (non-hydrogen) atoms. The Morgan fingerprint density at radius 3 is 2.68 bits per heavy atom. The molecule has 4 aliphatic heterocycles. The smallest absolute Gasteiger partial charge is 0.0446 e. The maximum absolute atomic E-state index is 4.54. The van der Waals surface area contributed by atoms with E-state index in [1.807, 2.05) is 0 Å². The van der Waals surface area contributed by atoms with Gasteiger partial charge in [0.1, 0.15) is 0 Å². The molecule has 1 aromatic rings. The van der Waals surface area contributed by atoms with Crippen LogP contribution in [-0.2, 0) is 6.42 Å². The molecule has 2 heteroatoms. The largest absolute Gasteiger partial charge is 0.366 e. The highest BCUT2D eigenvalue weighted by molar-refractivity contribution is 5.70. The lowest BCUT2D eigenvalue weighted by atomic mass is 9.75. The summed E-state index contributed by atoms with van der Waals surface area (Å²) in [5.74, 6) is 1.65. The van der Waals surface area contributed by atoms with E-state index in [4.69, 9.17) is 0 Å². The molecule has 5 aliphatic rings. The predicted molar refractivity (Wildman–Crippen MR) is 90.8 cm³/mol. The van der Waals surface area contributed by atoms with Gasteiger partial charge in [0.25, 0.3) is 0 Å². The van der Waals surface area contributed by atoms with Crippen molar-refractivity contribution < 1.29 is 0 Å². The highest BCUT2D eigenvalue weighted by Gasteiger charge is 2.41. The molecule has 3 fully saturated rings. The Morgan fingerprint density at radius 1 is 1.05 bits per heavy atom. The van der Waals surface area contributed by atoms with E-state index in [2.05, 4.69) is 34.6 Å². The SMILES string of the molecule is C=C1c2cccc3c2[C@H](CCC3)CN1[C@H]1CN2CCC1CC2. The maximum atomic E-state index is 4.54. The monoisotopic (exact) mass is 294 g/mol. The van der Waals surface area contributed by atoms with Crippen LogP contribution in [0.1, 0.15) is 48.3 Å². The molecule has 2 bridgehead atoms. The van der Waals surface area contributed by atoms with Gasteiger partial charge in [-0.25, -0.2) is 0 Å². The number of nitrogens with zero attached hydrogens (tertiary/aromatic N) is 2. The quantitative estimate of drug-likeness (QED) is 0.782. The first-order valence-corrected chi connectivity index (χ1v) is 9.11. The molecule has 6 rings (SSSR count). The van der Waals surface area contributed by atoms with E-state index in [1.54, 1.807) is 11.1 Å². The number of benzene rings is 1. The van der Waals surface area contributed by atoms with Crippen molar-refractivity contribution in [3.63, 3.8) is 0 Å². The van der Waals surface area contributed by atoms with Crippen molar-refractivity contribution in [1.82, 2.24) is 9.80 Å². The molecule has 4 heterocycles. The fourth-order valence-corrected chi connectivity index (χ4v) is 5.56. The Morgan fingerprint density at radius 2 is 1.91 bits per heavy atom. The molecular formula is C20H26N2. The van der Waals surface area contributed by atoms with Crippen LogP contribution in [0.4, 0.5) is 0 Å². The molecule has 2 nitrogen and oxygen atoms in total. The molecule has 0 radical (unpaired) electrons. The lowest BCUT2D eigenvalue weighted by Gasteiger charge is -2.53. The van der Waals surface area contributed by atoms with Crippen LogP contribution in [0.2, 0.25) is 0 Å². The lowest BCUT2D eigenvalue weighted by Crippen LogP contribution is -2.58. The zero-order chi connectivity index (χ0) is 14.7. The van der Waals surface area contributed by atoms with Crippen molar-refractivity contribution in [3.05, 3.63) is 41.5 Å². The number of hydrogen-bond acceptors (Lipinski definition) is 2. The second-order valence-electron chi connectivity index (χ2n) is 7.77. The minimum atomic E-state index is 0.716. The van der Waals surface area contributed by atoms with Crippen molar-refractivity contribution >= 4 is 5.70 Å². The third-order valence-electron chi connectivity index (χ3n) is 6.70. The highest BCUT2D eigenvalue weighted by atomic mass is 15.3. The second kappa shape index (κ2) is 4.86. The number of aryl methyl sites for hydroxylation is 1. The summed E-state index contributed by atoms with van der Waals surface area (Å²) in [6.07, 6.45) is 6.79. The van der Waals surface area contributed by atoms with Crippen LogP contribution < -0.4 is 0 Å². The van der Waals surface area contributed by atoms with E-state index in [1.165, 1.54) is 69.5 Å². The highest BCUT2D eigenvalue weighted by Crippen LogP contribution is 2.45. The number of hydrogen-bond donors (Lipinski definition) is 0.